The molecule has 44 heavy (non-hydrogen) atoms. The summed E-state index contributed by atoms with van der Waals surface area (Å²) >= 11 is 0. The van der Waals surface area contributed by atoms with E-state index in [1.165, 1.54) is 61.5 Å². The van der Waals surface area contributed by atoms with Crippen molar-refractivity contribution in [3.63, 3.8) is 0 Å². The van der Waals surface area contributed by atoms with Crippen LogP contribution in [0.1, 0.15) is 46.7 Å². The standard InChI is InChI=1S/C28H22F5N3O7S/c1-2-44(40,41)18-9-6-15(7-10-18)19(13-23(37)38)34-25(39)16-8-11-21-20(12-16)35-26(27(29,30)31)36(21)14-17-4-3-5-22-24(17)43-28(32,33)42-22/h3-12,19H,2,13-14H2,1H3,(H,34,39)(H,37,38). The summed E-state index contributed by atoms with van der Waals surface area (Å²) in [5.74, 6) is -4.39. The Kier molecular flexibility index (Phi) is 7.73. The monoisotopic (exact) mass is 639 g/mol. The number of para-hydroxylation sites is 1. The molecule has 1 aromatic heterocycles. The predicted octanol–water partition coefficient (Wildman–Crippen LogP) is 5.16. The number of hydrogen-bond acceptors (Lipinski definition) is 7. The number of alkyl halides is 5. The fourth-order valence-corrected chi connectivity index (χ4v) is 5.59. The van der Waals surface area contributed by atoms with Crippen LogP contribution in [0.25, 0.3) is 11.0 Å². The predicted molar refractivity (Wildman–Crippen MR) is 143 cm³/mol. The van der Waals surface area contributed by atoms with Gasteiger partial charge in [-0.3, -0.25) is 9.59 Å². The maximum atomic E-state index is 14.0. The van der Waals surface area contributed by atoms with Gasteiger partial charge in [-0.25, -0.2) is 13.4 Å². The molecule has 0 saturated heterocycles. The molecular weight excluding hydrogens is 617 g/mol. The molecule has 1 aliphatic rings. The number of hydrogen-bond donors (Lipinski definition) is 2. The lowest BCUT2D eigenvalue weighted by Crippen LogP contribution is -2.30. The summed E-state index contributed by atoms with van der Waals surface area (Å²) in [6, 6.07) is 11.4. The van der Waals surface area contributed by atoms with E-state index in [1.807, 2.05) is 0 Å². The lowest BCUT2D eigenvalue weighted by Gasteiger charge is -2.18. The van der Waals surface area contributed by atoms with E-state index in [-0.39, 0.29) is 44.1 Å². The third-order valence-corrected chi connectivity index (χ3v) is 8.56. The molecule has 0 radical (unpaired) electrons. The topological polar surface area (TPSA) is 137 Å². The molecule has 5 rings (SSSR count). The minimum atomic E-state index is -4.97. The number of rotatable bonds is 9. The van der Waals surface area contributed by atoms with Gasteiger partial charge >= 0.3 is 18.4 Å². The van der Waals surface area contributed by atoms with Crippen LogP contribution < -0.4 is 14.8 Å². The summed E-state index contributed by atoms with van der Waals surface area (Å²) in [4.78, 5) is 28.3. The molecule has 2 N–H and O–H groups in total. The van der Waals surface area contributed by atoms with Crippen LogP contribution in [0.2, 0.25) is 0 Å². The Balaban J connectivity index is 1.46. The number of nitrogens with zero attached hydrogens (tertiary/aromatic N) is 2. The van der Waals surface area contributed by atoms with E-state index in [0.717, 1.165) is 10.6 Å². The van der Waals surface area contributed by atoms with E-state index >= 15 is 0 Å². The zero-order valence-corrected chi connectivity index (χ0v) is 23.4. The van der Waals surface area contributed by atoms with Gasteiger partial charge in [0, 0.05) is 11.1 Å². The summed E-state index contributed by atoms with van der Waals surface area (Å²) in [5, 5.41) is 11.9. The van der Waals surface area contributed by atoms with Gasteiger partial charge in [0.25, 0.3) is 5.91 Å². The number of sulfone groups is 1. The van der Waals surface area contributed by atoms with Gasteiger partial charge in [-0.05, 0) is 42.0 Å². The highest BCUT2D eigenvalue weighted by Crippen LogP contribution is 2.44. The summed E-state index contributed by atoms with van der Waals surface area (Å²) in [7, 11) is -3.53. The van der Waals surface area contributed by atoms with Crippen LogP contribution in [0.3, 0.4) is 0 Å². The highest BCUT2D eigenvalue weighted by Gasteiger charge is 2.45. The zero-order valence-electron chi connectivity index (χ0n) is 22.6. The SMILES string of the molecule is CCS(=O)(=O)c1ccc(C(CC(=O)O)NC(=O)c2ccc3c(c2)nc(C(F)(F)F)n3Cc2cccc3c2OC(F)(F)O3)cc1. The molecule has 0 fully saturated rings. The summed E-state index contributed by atoms with van der Waals surface area (Å²) in [5.41, 5.74) is -0.224. The second kappa shape index (κ2) is 11.1. The maximum absolute atomic E-state index is 14.0. The number of fused-ring (bicyclic) bond motifs is 2. The number of halogens is 5. The molecular formula is C28H22F5N3O7S. The average Bonchev–Trinajstić information content (AvgIpc) is 3.48. The summed E-state index contributed by atoms with van der Waals surface area (Å²) in [6.07, 6.45) is -9.53. The van der Waals surface area contributed by atoms with E-state index in [0.29, 0.717) is 0 Å². The Labute approximate surface area is 245 Å². The van der Waals surface area contributed by atoms with E-state index in [9.17, 15) is 45.1 Å². The van der Waals surface area contributed by atoms with Gasteiger partial charge in [0.05, 0.1) is 40.7 Å². The van der Waals surface area contributed by atoms with Crippen molar-refractivity contribution in [1.82, 2.24) is 14.9 Å². The zero-order chi connectivity index (χ0) is 32.0. The fourth-order valence-electron chi connectivity index (χ4n) is 4.71. The van der Waals surface area contributed by atoms with E-state index < -0.39 is 64.8 Å². The first kappa shape index (κ1) is 30.7. The lowest BCUT2D eigenvalue weighted by molar-refractivity contribution is -0.287. The number of aliphatic carboxylic acids is 1. The molecule has 0 saturated carbocycles. The van der Waals surface area contributed by atoms with Crippen LogP contribution in [0.5, 0.6) is 11.5 Å². The number of benzene rings is 3. The Morgan fingerprint density at radius 1 is 1.07 bits per heavy atom. The molecule has 1 aliphatic heterocycles. The first-order chi connectivity index (χ1) is 20.6. The van der Waals surface area contributed by atoms with Crippen LogP contribution in [0.15, 0.2) is 65.6 Å². The lowest BCUT2D eigenvalue weighted by atomic mass is 10.0. The van der Waals surface area contributed by atoms with E-state index in [2.05, 4.69) is 19.8 Å². The first-order valence-electron chi connectivity index (χ1n) is 12.9. The number of carbonyl (C=O) groups is 2. The van der Waals surface area contributed by atoms with Crippen molar-refractivity contribution < 1.29 is 54.5 Å². The number of carboxylic acids is 1. The second-order valence-corrected chi connectivity index (χ2v) is 12.0. The molecule has 10 nitrogen and oxygen atoms in total. The first-order valence-corrected chi connectivity index (χ1v) is 14.5. The van der Waals surface area contributed by atoms with Crippen molar-refractivity contribution in [2.24, 2.45) is 0 Å². The molecule has 1 unspecified atom stereocenters. The molecule has 0 bridgehead atoms. The van der Waals surface area contributed by atoms with Crippen LogP contribution in [-0.2, 0) is 27.4 Å². The molecule has 0 spiro atoms. The second-order valence-electron chi connectivity index (χ2n) is 9.73. The fraction of sp³-hybridized carbons (Fsp3) is 0.250. The molecule has 3 aromatic carbocycles. The van der Waals surface area contributed by atoms with Gasteiger partial charge in [-0.1, -0.05) is 31.2 Å². The van der Waals surface area contributed by atoms with Crippen molar-refractivity contribution >= 4 is 32.7 Å². The molecule has 0 aliphatic carbocycles. The van der Waals surface area contributed by atoms with E-state index in [1.54, 1.807) is 0 Å². The maximum Gasteiger partial charge on any atom is 0.586 e. The van der Waals surface area contributed by atoms with Gasteiger partial charge in [0.1, 0.15) is 0 Å². The minimum Gasteiger partial charge on any atom is -0.481 e. The average molecular weight is 640 g/mol. The molecule has 1 amide bonds. The van der Waals surface area contributed by atoms with Crippen LogP contribution >= 0.6 is 0 Å². The largest absolute Gasteiger partial charge is 0.586 e. The minimum absolute atomic E-state index is 0.0129. The van der Waals surface area contributed by atoms with Gasteiger partial charge in [0.15, 0.2) is 21.3 Å². The Morgan fingerprint density at radius 3 is 2.41 bits per heavy atom. The van der Waals surface area contributed by atoms with E-state index in [4.69, 9.17) is 0 Å². The highest BCUT2D eigenvalue weighted by atomic mass is 32.2. The number of carbonyl (C=O) groups excluding carboxylic acids is 1. The molecule has 232 valence electrons. The van der Waals surface area contributed by atoms with Gasteiger partial charge < -0.3 is 24.5 Å². The van der Waals surface area contributed by atoms with Crippen LogP contribution in [0.4, 0.5) is 22.0 Å². The Morgan fingerprint density at radius 2 is 1.77 bits per heavy atom. The number of amides is 1. The number of ether oxygens (including phenoxy) is 2. The van der Waals surface area contributed by atoms with Gasteiger partial charge in [0.2, 0.25) is 5.82 Å². The third-order valence-electron chi connectivity index (χ3n) is 6.81. The van der Waals surface area contributed by atoms with Crippen LogP contribution in [0, 0.1) is 0 Å². The molecule has 1 atom stereocenters. The van der Waals surface area contributed by atoms with Crippen LogP contribution in [-0.4, -0.2) is 47.0 Å². The number of nitrogens with one attached hydrogen (secondary N) is 1. The van der Waals surface area contributed by atoms with Gasteiger partial charge in [-0.2, -0.15) is 13.2 Å². The Hall–Kier alpha value is -4.73. The van der Waals surface area contributed by atoms with Crippen molar-refractivity contribution in [2.75, 3.05) is 5.75 Å². The molecule has 2 heterocycles. The summed E-state index contributed by atoms with van der Waals surface area (Å²) < 4.78 is 103. The Bertz CT molecular complexity index is 1870. The van der Waals surface area contributed by atoms with Crippen molar-refractivity contribution in [3.05, 3.63) is 83.2 Å². The van der Waals surface area contributed by atoms with Crippen molar-refractivity contribution in [2.45, 2.75) is 43.3 Å². The van der Waals surface area contributed by atoms with Gasteiger partial charge in [-0.15, -0.1) is 8.78 Å². The number of aromatic nitrogens is 2. The number of imidazole rings is 1. The smallest absolute Gasteiger partial charge is 0.481 e. The summed E-state index contributed by atoms with van der Waals surface area (Å²) in [6.45, 7) is 0.885. The van der Waals surface area contributed by atoms with Crippen molar-refractivity contribution in [1.29, 1.82) is 0 Å². The quantitative estimate of drug-likeness (QED) is 0.240. The molecule has 16 heteroatoms. The third kappa shape index (κ3) is 6.15. The van der Waals surface area contributed by atoms with Crippen molar-refractivity contribution in [3.8, 4) is 11.5 Å². The molecule has 4 aromatic rings. The number of carboxylic acid groups (broad SMARTS) is 1. The normalized spacial score (nSPS) is 14.9. The highest BCUT2D eigenvalue weighted by molar-refractivity contribution is 7.91.